The van der Waals surface area contributed by atoms with Gasteiger partial charge in [0.1, 0.15) is 11.6 Å². The molecule has 0 aliphatic carbocycles. The van der Waals surface area contributed by atoms with Crippen molar-refractivity contribution in [2.24, 2.45) is 5.92 Å². The number of carbonyl (C=O) groups excluding carboxylic acids is 1. The Kier molecular flexibility index (Phi) is 5.27. The van der Waals surface area contributed by atoms with Crippen LogP contribution in [0.5, 0.6) is 0 Å². The predicted molar refractivity (Wildman–Crippen MR) is 101 cm³/mol. The Bertz CT molecular complexity index is 789. The van der Waals surface area contributed by atoms with Crippen LogP contribution in [-0.4, -0.2) is 48.4 Å². The monoisotopic (exact) mass is 371 g/mol. The summed E-state index contributed by atoms with van der Waals surface area (Å²) < 4.78 is 18.9. The highest BCUT2D eigenvalue weighted by molar-refractivity contribution is 5.91. The fourth-order valence-corrected chi connectivity index (χ4v) is 4.36. The molecule has 27 heavy (non-hydrogen) atoms. The van der Waals surface area contributed by atoms with Gasteiger partial charge in [0.05, 0.1) is 6.54 Å². The summed E-state index contributed by atoms with van der Waals surface area (Å²) in [5, 5.41) is 2.59. The van der Waals surface area contributed by atoms with Crippen LogP contribution in [-0.2, 0) is 13.1 Å². The number of nitrogens with zero attached hydrogens (tertiary/aromatic N) is 2. The molecule has 2 atom stereocenters. The van der Waals surface area contributed by atoms with Crippen molar-refractivity contribution in [1.29, 1.82) is 0 Å². The third kappa shape index (κ3) is 4.22. The molecule has 1 aromatic heterocycles. The number of nitrogens with one attached hydrogen (secondary N) is 1. The number of fused-ring (bicyclic) bond motifs is 4. The van der Waals surface area contributed by atoms with Gasteiger partial charge in [0, 0.05) is 39.3 Å². The Labute approximate surface area is 159 Å². The molecule has 1 N–H and O–H groups in total. The zero-order valence-electron chi connectivity index (χ0n) is 15.7. The predicted octanol–water partition coefficient (Wildman–Crippen LogP) is 2.87. The topological polar surface area (TPSA) is 48.7 Å². The highest BCUT2D eigenvalue weighted by Gasteiger charge is 2.35. The number of halogens is 1. The van der Waals surface area contributed by atoms with Gasteiger partial charge in [-0.05, 0) is 48.6 Å². The number of hydrogen-bond acceptors (Lipinski definition) is 4. The molecule has 1 amide bonds. The maximum Gasteiger partial charge on any atom is 0.286 e. The number of rotatable bonds is 5. The van der Waals surface area contributed by atoms with Crippen molar-refractivity contribution in [3.8, 4) is 0 Å². The number of furan rings is 1. The summed E-state index contributed by atoms with van der Waals surface area (Å²) in [7, 11) is 1.61. The van der Waals surface area contributed by atoms with Crippen molar-refractivity contribution < 1.29 is 13.6 Å². The molecule has 3 saturated heterocycles. The van der Waals surface area contributed by atoms with Crippen molar-refractivity contribution in [1.82, 2.24) is 15.1 Å². The van der Waals surface area contributed by atoms with Gasteiger partial charge in [0.15, 0.2) is 5.76 Å². The lowest BCUT2D eigenvalue weighted by Crippen LogP contribution is -2.43. The lowest BCUT2D eigenvalue weighted by atomic mass is 9.95. The largest absolute Gasteiger partial charge is 0.455 e. The molecule has 2 aromatic rings. The van der Waals surface area contributed by atoms with Crippen LogP contribution in [0.25, 0.3) is 0 Å². The van der Waals surface area contributed by atoms with E-state index >= 15 is 0 Å². The maximum absolute atomic E-state index is 13.1. The van der Waals surface area contributed by atoms with Crippen LogP contribution in [0.4, 0.5) is 4.39 Å². The summed E-state index contributed by atoms with van der Waals surface area (Å²) in [6.07, 6.45) is 2.44. The molecule has 0 spiro atoms. The van der Waals surface area contributed by atoms with Crippen LogP contribution < -0.4 is 5.32 Å². The Balaban J connectivity index is 1.41. The second-order valence-electron chi connectivity index (χ2n) is 7.69. The van der Waals surface area contributed by atoms with Crippen molar-refractivity contribution in [2.45, 2.75) is 32.0 Å². The lowest BCUT2D eigenvalue weighted by molar-refractivity contribution is 0.0920. The van der Waals surface area contributed by atoms with Crippen molar-refractivity contribution in [3.63, 3.8) is 0 Å². The minimum atomic E-state index is -0.191. The molecule has 3 aliphatic heterocycles. The van der Waals surface area contributed by atoms with E-state index in [1.807, 2.05) is 18.2 Å². The van der Waals surface area contributed by atoms with Gasteiger partial charge in [0.2, 0.25) is 0 Å². The summed E-state index contributed by atoms with van der Waals surface area (Å²) in [5.41, 5.74) is 1.16. The molecule has 3 fully saturated rings. The average molecular weight is 371 g/mol. The van der Waals surface area contributed by atoms with Crippen LogP contribution in [0, 0.1) is 11.7 Å². The van der Waals surface area contributed by atoms with Gasteiger partial charge in [-0.25, -0.2) is 4.39 Å². The Morgan fingerprint density at radius 3 is 2.70 bits per heavy atom. The normalized spacial score (nSPS) is 23.3. The zero-order valence-corrected chi connectivity index (χ0v) is 15.7. The number of piperidine rings is 1. The number of amides is 1. The number of benzene rings is 1. The van der Waals surface area contributed by atoms with Gasteiger partial charge in [-0.15, -0.1) is 0 Å². The molecule has 3 aliphatic rings. The van der Waals surface area contributed by atoms with Gasteiger partial charge in [-0.1, -0.05) is 12.1 Å². The molecule has 1 aromatic carbocycles. The van der Waals surface area contributed by atoms with Crippen molar-refractivity contribution in [2.75, 3.05) is 26.7 Å². The molecule has 144 valence electrons. The average Bonchev–Trinajstić information content (AvgIpc) is 2.97. The first kappa shape index (κ1) is 18.2. The van der Waals surface area contributed by atoms with Gasteiger partial charge in [0.25, 0.3) is 5.91 Å². The van der Waals surface area contributed by atoms with E-state index < -0.39 is 0 Å². The quantitative estimate of drug-likeness (QED) is 0.878. The van der Waals surface area contributed by atoms with Crippen molar-refractivity contribution in [3.05, 3.63) is 59.3 Å². The Morgan fingerprint density at radius 1 is 1.11 bits per heavy atom. The van der Waals surface area contributed by atoms with Crippen LogP contribution in [0.2, 0.25) is 0 Å². The summed E-state index contributed by atoms with van der Waals surface area (Å²) >= 11 is 0. The first-order valence-electron chi connectivity index (χ1n) is 9.62. The zero-order chi connectivity index (χ0) is 18.8. The molecular formula is C21H26FN3O2. The van der Waals surface area contributed by atoms with E-state index in [0.29, 0.717) is 17.7 Å². The van der Waals surface area contributed by atoms with E-state index in [2.05, 4.69) is 15.1 Å². The summed E-state index contributed by atoms with van der Waals surface area (Å²) in [4.78, 5) is 16.7. The van der Waals surface area contributed by atoms with Gasteiger partial charge >= 0.3 is 0 Å². The third-order valence-corrected chi connectivity index (χ3v) is 5.69. The van der Waals surface area contributed by atoms with Crippen LogP contribution in [0.15, 0.2) is 40.8 Å². The second kappa shape index (κ2) is 7.82. The molecule has 5 rings (SSSR count). The molecule has 0 saturated carbocycles. The van der Waals surface area contributed by atoms with Gasteiger partial charge < -0.3 is 9.73 Å². The summed E-state index contributed by atoms with van der Waals surface area (Å²) in [6.45, 7) is 4.74. The maximum atomic E-state index is 13.1. The van der Waals surface area contributed by atoms with E-state index in [0.717, 1.165) is 44.0 Å². The van der Waals surface area contributed by atoms with Crippen LogP contribution in [0.3, 0.4) is 0 Å². The number of carbonyl (C=O) groups is 1. The van der Waals surface area contributed by atoms with Crippen LogP contribution >= 0.6 is 0 Å². The lowest BCUT2D eigenvalue weighted by Gasteiger charge is -2.35. The Hall–Kier alpha value is -2.18. The third-order valence-electron chi connectivity index (χ3n) is 5.69. The molecule has 2 bridgehead atoms. The minimum Gasteiger partial charge on any atom is -0.455 e. The number of hydrogen-bond donors (Lipinski definition) is 1. The summed E-state index contributed by atoms with van der Waals surface area (Å²) in [5.74, 6) is 1.47. The second-order valence-corrected chi connectivity index (χ2v) is 7.69. The van der Waals surface area contributed by atoms with E-state index in [-0.39, 0.29) is 11.7 Å². The van der Waals surface area contributed by atoms with Crippen molar-refractivity contribution >= 4 is 5.91 Å². The fourth-order valence-electron chi connectivity index (χ4n) is 4.36. The SMILES string of the molecule is CNC(=O)c1ccc(CN2C[C@H]3CC[C@@H]2CN(Cc2ccc(F)cc2)C3)o1. The molecule has 4 heterocycles. The highest BCUT2D eigenvalue weighted by Crippen LogP contribution is 2.30. The fraction of sp³-hybridized carbons (Fsp3) is 0.476. The van der Waals surface area contributed by atoms with Gasteiger partial charge in [-0.3, -0.25) is 14.6 Å². The molecule has 5 nitrogen and oxygen atoms in total. The van der Waals surface area contributed by atoms with Crippen LogP contribution in [0.1, 0.15) is 34.7 Å². The van der Waals surface area contributed by atoms with Gasteiger partial charge in [-0.2, -0.15) is 0 Å². The molecule has 6 heteroatoms. The first-order chi connectivity index (χ1) is 13.1. The molecule has 0 radical (unpaired) electrons. The Morgan fingerprint density at radius 2 is 1.93 bits per heavy atom. The molecule has 0 unspecified atom stereocenters. The van der Waals surface area contributed by atoms with E-state index in [4.69, 9.17) is 4.42 Å². The van der Waals surface area contributed by atoms with E-state index in [1.54, 1.807) is 13.1 Å². The summed E-state index contributed by atoms with van der Waals surface area (Å²) in [6, 6.07) is 11.0. The standard InChI is InChI=1S/C21H26FN3O2/c1-23-21(26)20-9-8-19(27-20)14-25-12-16-4-7-18(25)13-24(11-16)10-15-2-5-17(22)6-3-15/h2-3,5-6,8-9,16,18H,4,7,10-14H2,1H3,(H,23,26)/t16-,18+/m0/s1. The van der Waals surface area contributed by atoms with E-state index in [9.17, 15) is 9.18 Å². The first-order valence-corrected chi connectivity index (χ1v) is 9.62. The minimum absolute atomic E-state index is 0.185. The van der Waals surface area contributed by atoms with E-state index in [1.165, 1.54) is 25.0 Å². The highest BCUT2D eigenvalue weighted by atomic mass is 19.1. The smallest absolute Gasteiger partial charge is 0.286 e. The molecular weight excluding hydrogens is 345 g/mol.